The van der Waals surface area contributed by atoms with E-state index in [2.05, 4.69) is 31.6 Å². The van der Waals surface area contributed by atoms with Crippen molar-refractivity contribution in [3.63, 3.8) is 0 Å². The van der Waals surface area contributed by atoms with Gasteiger partial charge in [0.05, 0.1) is 40.9 Å². The van der Waals surface area contributed by atoms with E-state index in [1.54, 1.807) is 17.5 Å². The van der Waals surface area contributed by atoms with Crippen LogP contribution in [0.3, 0.4) is 0 Å². The fourth-order valence-corrected chi connectivity index (χ4v) is 5.30. The molecule has 0 aliphatic rings. The van der Waals surface area contributed by atoms with Crippen LogP contribution in [-0.4, -0.2) is 34.7 Å². The molecule has 30 heavy (non-hydrogen) atoms. The first-order valence-electron chi connectivity index (χ1n) is 9.54. The van der Waals surface area contributed by atoms with Gasteiger partial charge in [-0.3, -0.25) is 15.0 Å². The summed E-state index contributed by atoms with van der Waals surface area (Å²) in [5, 5.41) is 20.3. The van der Waals surface area contributed by atoms with Crippen LogP contribution >= 0.6 is 11.3 Å². The summed E-state index contributed by atoms with van der Waals surface area (Å²) < 4.78 is 4.61. The van der Waals surface area contributed by atoms with Gasteiger partial charge >= 0.3 is 0 Å². The Hall–Kier alpha value is -3.72. The van der Waals surface area contributed by atoms with E-state index < -0.39 is 0 Å². The second-order valence-corrected chi connectivity index (χ2v) is 8.52. The van der Waals surface area contributed by atoms with Crippen molar-refractivity contribution in [1.82, 2.24) is 34.7 Å². The summed E-state index contributed by atoms with van der Waals surface area (Å²) in [6.45, 7) is 0.399. The molecule has 0 aliphatic carbocycles. The van der Waals surface area contributed by atoms with Crippen molar-refractivity contribution in [2.45, 2.75) is 13.0 Å². The van der Waals surface area contributed by atoms with E-state index in [1.165, 1.54) is 9.56 Å². The molecular weight excluding hydrogens is 398 g/mol. The van der Waals surface area contributed by atoms with Gasteiger partial charge in [-0.05, 0) is 23.3 Å². The Morgan fingerprint density at radius 2 is 2.07 bits per heavy atom. The average Bonchev–Trinajstić information content (AvgIpc) is 3.52. The lowest BCUT2D eigenvalue weighted by Crippen LogP contribution is -2.24. The maximum absolute atomic E-state index is 13.3. The van der Waals surface area contributed by atoms with Gasteiger partial charge in [-0.2, -0.15) is 15.3 Å². The zero-order valence-corrected chi connectivity index (χ0v) is 16.9. The maximum Gasteiger partial charge on any atom is 0.291 e. The van der Waals surface area contributed by atoms with E-state index in [-0.39, 0.29) is 5.56 Å². The predicted octanol–water partition coefficient (Wildman–Crippen LogP) is 3.19. The van der Waals surface area contributed by atoms with Crippen molar-refractivity contribution in [3.8, 4) is 0 Å². The maximum atomic E-state index is 13.3. The summed E-state index contributed by atoms with van der Waals surface area (Å²) in [4.78, 5) is 14.5. The van der Waals surface area contributed by atoms with Crippen molar-refractivity contribution in [1.29, 1.82) is 0 Å². The molecule has 5 heterocycles. The van der Waals surface area contributed by atoms with Gasteiger partial charge in [0.25, 0.3) is 5.56 Å². The number of aromatic amines is 2. The normalized spacial score (nSPS) is 11.9. The summed E-state index contributed by atoms with van der Waals surface area (Å²) in [5.41, 5.74) is 4.75. The first kappa shape index (κ1) is 17.2. The van der Waals surface area contributed by atoms with Crippen molar-refractivity contribution in [2.24, 2.45) is 7.05 Å². The van der Waals surface area contributed by atoms with Gasteiger partial charge in [-0.25, -0.2) is 4.68 Å². The number of rotatable bonds is 4. The third kappa shape index (κ3) is 2.52. The van der Waals surface area contributed by atoms with Crippen LogP contribution in [0.25, 0.3) is 32.0 Å². The third-order valence-corrected chi connectivity index (χ3v) is 6.71. The van der Waals surface area contributed by atoms with Crippen LogP contribution in [0.5, 0.6) is 0 Å². The molecule has 0 atom stereocenters. The van der Waals surface area contributed by atoms with E-state index >= 15 is 0 Å². The molecule has 9 heteroatoms. The summed E-state index contributed by atoms with van der Waals surface area (Å²) in [6.07, 6.45) is 8.16. The van der Waals surface area contributed by atoms with E-state index in [0.717, 1.165) is 44.1 Å². The Morgan fingerprint density at radius 3 is 2.93 bits per heavy atom. The van der Waals surface area contributed by atoms with E-state index in [9.17, 15) is 4.79 Å². The molecule has 0 saturated carbocycles. The fraction of sp³-hybridized carbons (Fsp3) is 0.143. The number of nitrogens with zero attached hydrogens (tertiary/aromatic N) is 5. The van der Waals surface area contributed by atoms with Crippen LogP contribution in [0.15, 0.2) is 53.8 Å². The van der Waals surface area contributed by atoms with Crippen LogP contribution in [0.4, 0.5) is 0 Å². The quantitative estimate of drug-likeness (QED) is 0.462. The molecule has 148 valence electrons. The molecule has 0 spiro atoms. The number of H-pyrrole nitrogens is 2. The highest BCUT2D eigenvalue weighted by Crippen LogP contribution is 2.34. The van der Waals surface area contributed by atoms with Crippen molar-refractivity contribution in [2.75, 3.05) is 0 Å². The summed E-state index contributed by atoms with van der Waals surface area (Å²) in [6, 6.07) is 8.09. The summed E-state index contributed by atoms with van der Waals surface area (Å²) in [5.74, 6) is 0. The minimum Gasteiger partial charge on any atom is -0.338 e. The van der Waals surface area contributed by atoms with Gasteiger partial charge in [0.15, 0.2) is 0 Å². The molecule has 0 amide bonds. The number of aryl methyl sites for hydroxylation is 1. The number of hydrogen-bond acceptors (Lipinski definition) is 5. The first-order chi connectivity index (χ1) is 14.7. The molecule has 0 aliphatic heterocycles. The van der Waals surface area contributed by atoms with Gasteiger partial charge in [0.1, 0.15) is 5.52 Å². The number of hydrogen-bond donors (Lipinski definition) is 2. The Kier molecular flexibility index (Phi) is 3.66. The lowest BCUT2D eigenvalue weighted by atomic mass is 10.1. The highest BCUT2D eigenvalue weighted by Gasteiger charge is 2.17. The molecule has 0 unspecified atom stereocenters. The predicted molar refractivity (Wildman–Crippen MR) is 117 cm³/mol. The molecule has 1 aromatic carbocycles. The zero-order chi connectivity index (χ0) is 20.2. The molecule has 2 N–H and O–H groups in total. The van der Waals surface area contributed by atoms with E-state index in [0.29, 0.717) is 12.1 Å². The fourth-order valence-electron chi connectivity index (χ4n) is 4.07. The SMILES string of the molecule is Cn1c2cc(Cc3cn[nH]c3)sc2c2cnn(Cc3cccc4[nH]ncc34)c(=O)c21. The monoisotopic (exact) mass is 415 g/mol. The number of thiophene rings is 1. The Morgan fingerprint density at radius 1 is 1.13 bits per heavy atom. The van der Waals surface area contributed by atoms with Gasteiger partial charge < -0.3 is 4.57 Å². The van der Waals surface area contributed by atoms with Crippen LogP contribution < -0.4 is 5.56 Å². The second kappa shape index (κ2) is 6.39. The highest BCUT2D eigenvalue weighted by atomic mass is 32.1. The van der Waals surface area contributed by atoms with Crippen molar-refractivity contribution in [3.05, 3.63) is 75.4 Å². The third-order valence-electron chi connectivity index (χ3n) is 5.55. The first-order valence-corrected chi connectivity index (χ1v) is 10.4. The highest BCUT2D eigenvalue weighted by molar-refractivity contribution is 7.20. The van der Waals surface area contributed by atoms with Crippen molar-refractivity contribution < 1.29 is 0 Å². The van der Waals surface area contributed by atoms with Crippen LogP contribution in [-0.2, 0) is 20.0 Å². The molecule has 6 aromatic rings. The van der Waals surface area contributed by atoms with Crippen LogP contribution in [0, 0.1) is 0 Å². The molecule has 8 nitrogen and oxygen atoms in total. The minimum atomic E-state index is -0.0877. The topological polar surface area (TPSA) is 97.2 Å². The number of fused-ring (bicyclic) bond motifs is 4. The second-order valence-electron chi connectivity index (χ2n) is 7.39. The lowest BCUT2D eigenvalue weighted by Gasteiger charge is -2.07. The number of aromatic nitrogens is 7. The lowest BCUT2D eigenvalue weighted by molar-refractivity contribution is 0.647. The largest absolute Gasteiger partial charge is 0.338 e. The minimum absolute atomic E-state index is 0.0877. The van der Waals surface area contributed by atoms with E-state index in [1.807, 2.05) is 48.4 Å². The molecular formula is C21H17N7OS. The number of benzene rings is 1. The van der Waals surface area contributed by atoms with Gasteiger partial charge in [-0.1, -0.05) is 12.1 Å². The van der Waals surface area contributed by atoms with Gasteiger partial charge in [0.2, 0.25) is 0 Å². The van der Waals surface area contributed by atoms with Gasteiger partial charge in [-0.15, -0.1) is 11.3 Å². The van der Waals surface area contributed by atoms with Crippen LogP contribution in [0.1, 0.15) is 16.0 Å². The van der Waals surface area contributed by atoms with E-state index in [4.69, 9.17) is 0 Å². The molecule has 0 saturated heterocycles. The Balaban J connectivity index is 1.45. The molecule has 0 bridgehead atoms. The standard InChI is InChI=1S/C21H17N7OS/c1-27-18-6-14(5-12-7-22-23-8-12)30-20(18)16-10-25-28(21(29)19(16)27)11-13-3-2-4-17-15(13)9-24-26-17/h2-4,6-10H,5,11H2,1H3,(H,22,23)(H,24,26). The molecule has 6 rings (SSSR count). The summed E-state index contributed by atoms with van der Waals surface area (Å²) >= 11 is 1.70. The average molecular weight is 415 g/mol. The number of nitrogens with one attached hydrogen (secondary N) is 2. The van der Waals surface area contributed by atoms with Crippen molar-refractivity contribution >= 4 is 43.4 Å². The van der Waals surface area contributed by atoms with Crippen LogP contribution in [0.2, 0.25) is 0 Å². The Labute approximate surface area is 173 Å². The molecule has 0 radical (unpaired) electrons. The molecule has 0 fully saturated rings. The zero-order valence-electron chi connectivity index (χ0n) is 16.1. The molecule has 5 aromatic heterocycles. The Bertz CT molecular complexity index is 1580. The van der Waals surface area contributed by atoms with Gasteiger partial charge in [0, 0.05) is 35.3 Å². The smallest absolute Gasteiger partial charge is 0.291 e. The summed E-state index contributed by atoms with van der Waals surface area (Å²) in [7, 11) is 1.95.